The average Bonchev–Trinajstić information content (AvgIpc) is 2.67. The van der Waals surface area contributed by atoms with Crippen molar-refractivity contribution in [2.75, 3.05) is 0 Å². The van der Waals surface area contributed by atoms with E-state index >= 15 is 0 Å². The van der Waals surface area contributed by atoms with Gasteiger partial charge in [0.25, 0.3) is 0 Å². The zero-order valence-corrected chi connectivity index (χ0v) is 11.5. The molecule has 19 heavy (non-hydrogen) atoms. The largest absolute Gasteiger partial charge is 0.488 e. The van der Waals surface area contributed by atoms with Crippen LogP contribution in [0.25, 0.3) is 11.3 Å². The van der Waals surface area contributed by atoms with Gasteiger partial charge in [0.1, 0.15) is 6.07 Å². The molecule has 1 aromatic carbocycles. The zero-order valence-electron chi connectivity index (χ0n) is 9.17. The molecule has 0 bridgehead atoms. The molecule has 2 aromatic rings. The van der Waals surface area contributed by atoms with Crippen LogP contribution in [0, 0.1) is 11.3 Å². The Morgan fingerprint density at radius 2 is 1.79 bits per heavy atom. The van der Waals surface area contributed by atoms with E-state index < -0.39 is 6.30 Å². The highest BCUT2D eigenvalue weighted by Crippen LogP contribution is 2.37. The van der Waals surface area contributed by atoms with Gasteiger partial charge in [-0.15, -0.1) is 13.2 Å². The first kappa shape index (κ1) is 14.0. The number of hydrogen-bond donors (Lipinski definition) is 0. The highest BCUT2D eigenvalue weighted by molar-refractivity contribution is 9.10. The van der Waals surface area contributed by atoms with Crippen LogP contribution in [-0.2, 0) is 6.30 Å². The van der Waals surface area contributed by atoms with E-state index in [0.29, 0.717) is 5.02 Å². The Morgan fingerprint density at radius 1 is 1.21 bits per heavy atom. The van der Waals surface area contributed by atoms with Crippen molar-refractivity contribution in [2.24, 2.45) is 0 Å². The molecule has 98 valence electrons. The number of nitrogens with zero attached hydrogens (tertiary/aromatic N) is 2. The number of halogens is 5. The number of alkyl halides is 3. The Morgan fingerprint density at radius 3 is 2.26 bits per heavy atom. The lowest BCUT2D eigenvalue weighted by atomic mass is 10.1. The predicted molar refractivity (Wildman–Crippen MR) is 68.6 cm³/mol. The molecule has 1 aromatic heterocycles. The summed E-state index contributed by atoms with van der Waals surface area (Å²) in [6, 6.07) is 7.59. The second-order valence-electron chi connectivity index (χ2n) is 3.66. The molecule has 0 saturated carbocycles. The minimum Gasteiger partial charge on any atom is -0.257 e. The summed E-state index contributed by atoms with van der Waals surface area (Å²) in [4.78, 5) is 0. The minimum atomic E-state index is -4.60. The summed E-state index contributed by atoms with van der Waals surface area (Å²) in [7, 11) is 0. The van der Waals surface area contributed by atoms with Crippen molar-refractivity contribution in [1.82, 2.24) is 4.57 Å². The van der Waals surface area contributed by atoms with E-state index in [1.807, 2.05) is 0 Å². The van der Waals surface area contributed by atoms with Gasteiger partial charge in [0.15, 0.2) is 0 Å². The highest BCUT2D eigenvalue weighted by Gasteiger charge is 2.35. The average molecular weight is 350 g/mol. The molecule has 0 atom stereocenters. The molecule has 1 heterocycles. The normalized spacial score (nSPS) is 11.4. The van der Waals surface area contributed by atoms with Crippen LogP contribution < -0.4 is 0 Å². The van der Waals surface area contributed by atoms with Crippen molar-refractivity contribution >= 4 is 27.5 Å². The number of aromatic nitrogens is 1. The van der Waals surface area contributed by atoms with Crippen LogP contribution in [-0.4, -0.2) is 4.57 Å². The molecule has 2 nitrogen and oxygen atoms in total. The summed E-state index contributed by atoms with van der Waals surface area (Å²) in [6.07, 6.45) is -3.77. The third-order valence-electron chi connectivity index (χ3n) is 2.46. The van der Waals surface area contributed by atoms with Crippen molar-refractivity contribution in [1.29, 1.82) is 5.26 Å². The fraction of sp³-hybridized carbons (Fsp3) is 0.0833. The monoisotopic (exact) mass is 348 g/mol. The second kappa shape index (κ2) is 4.91. The van der Waals surface area contributed by atoms with Crippen molar-refractivity contribution in [3.8, 4) is 17.3 Å². The number of rotatable bonds is 1. The Bertz CT molecular complexity index is 653. The third-order valence-corrected chi connectivity index (χ3v) is 3.31. The van der Waals surface area contributed by atoms with Crippen molar-refractivity contribution in [3.63, 3.8) is 0 Å². The molecular weight excluding hydrogens is 344 g/mol. The molecule has 0 spiro atoms. The van der Waals surface area contributed by atoms with Gasteiger partial charge in [0.05, 0.1) is 15.7 Å². The lowest BCUT2D eigenvalue weighted by Crippen LogP contribution is -2.16. The summed E-state index contributed by atoms with van der Waals surface area (Å²) < 4.78 is 39.1. The first-order valence-electron chi connectivity index (χ1n) is 4.98. The summed E-state index contributed by atoms with van der Waals surface area (Å²) in [5.74, 6) is 0. The molecule has 0 aliphatic heterocycles. The SMILES string of the molecule is N#Cc1c(Br)cn(C(F)(F)F)c1-c1ccc(Cl)cc1. The van der Waals surface area contributed by atoms with Crippen LogP contribution in [0.2, 0.25) is 5.02 Å². The minimum absolute atomic E-state index is 0.0698. The van der Waals surface area contributed by atoms with E-state index in [2.05, 4.69) is 15.9 Å². The molecule has 7 heteroatoms. The maximum atomic E-state index is 12.9. The number of nitriles is 1. The van der Waals surface area contributed by atoms with E-state index in [0.717, 1.165) is 6.20 Å². The molecule has 0 unspecified atom stereocenters. The predicted octanol–water partition coefficient (Wildman–Crippen LogP) is 4.92. The Balaban J connectivity index is 2.74. The number of hydrogen-bond acceptors (Lipinski definition) is 1. The number of benzene rings is 1. The molecule has 0 amide bonds. The fourth-order valence-electron chi connectivity index (χ4n) is 1.67. The molecule has 0 fully saturated rings. The van der Waals surface area contributed by atoms with Gasteiger partial charge in [-0.2, -0.15) is 5.26 Å². The Kier molecular flexibility index (Phi) is 3.61. The van der Waals surface area contributed by atoms with Gasteiger partial charge in [-0.05, 0) is 33.6 Å². The van der Waals surface area contributed by atoms with Crippen LogP contribution in [0.1, 0.15) is 5.56 Å². The Hall–Kier alpha value is -1.45. The third kappa shape index (κ3) is 2.62. The van der Waals surface area contributed by atoms with E-state index in [9.17, 15) is 13.2 Å². The highest BCUT2D eigenvalue weighted by atomic mass is 79.9. The maximum absolute atomic E-state index is 12.9. The van der Waals surface area contributed by atoms with Crippen LogP contribution >= 0.6 is 27.5 Å². The van der Waals surface area contributed by atoms with Crippen molar-refractivity contribution < 1.29 is 13.2 Å². The van der Waals surface area contributed by atoms with Crippen LogP contribution in [0.4, 0.5) is 13.2 Å². The van der Waals surface area contributed by atoms with Crippen molar-refractivity contribution in [3.05, 3.63) is 45.5 Å². The molecule has 0 N–H and O–H groups in total. The van der Waals surface area contributed by atoms with Gasteiger partial charge in [-0.3, -0.25) is 4.57 Å². The van der Waals surface area contributed by atoms with Gasteiger partial charge >= 0.3 is 6.30 Å². The quantitative estimate of drug-likeness (QED) is 0.718. The van der Waals surface area contributed by atoms with Gasteiger partial charge in [0, 0.05) is 11.2 Å². The van der Waals surface area contributed by atoms with Gasteiger partial charge in [0.2, 0.25) is 0 Å². The lowest BCUT2D eigenvalue weighted by molar-refractivity contribution is -0.202. The van der Waals surface area contributed by atoms with Crippen LogP contribution in [0.3, 0.4) is 0 Å². The van der Waals surface area contributed by atoms with E-state index in [1.54, 1.807) is 6.07 Å². The maximum Gasteiger partial charge on any atom is 0.488 e. The molecule has 0 radical (unpaired) electrons. The summed E-state index contributed by atoms with van der Waals surface area (Å²) >= 11 is 8.67. The van der Waals surface area contributed by atoms with Gasteiger partial charge < -0.3 is 0 Å². The lowest BCUT2D eigenvalue weighted by Gasteiger charge is -2.12. The molecule has 0 saturated heterocycles. The standard InChI is InChI=1S/C12H5BrClF3N2/c13-10-6-19(12(15,16)17)11(9(10)5-18)7-1-3-8(14)4-2-7/h1-4,6H. The molecule has 0 aliphatic carbocycles. The van der Waals surface area contributed by atoms with Gasteiger partial charge in [-0.1, -0.05) is 23.7 Å². The van der Waals surface area contributed by atoms with Crippen molar-refractivity contribution in [2.45, 2.75) is 6.30 Å². The Labute approximate surface area is 120 Å². The zero-order chi connectivity index (χ0) is 14.2. The summed E-state index contributed by atoms with van der Waals surface area (Å²) in [5.41, 5.74) is -0.0119. The van der Waals surface area contributed by atoms with E-state index in [1.165, 1.54) is 24.3 Å². The molecular formula is C12H5BrClF3N2. The smallest absolute Gasteiger partial charge is 0.257 e. The topological polar surface area (TPSA) is 28.7 Å². The molecule has 2 rings (SSSR count). The van der Waals surface area contributed by atoms with E-state index in [4.69, 9.17) is 16.9 Å². The second-order valence-corrected chi connectivity index (χ2v) is 4.95. The summed E-state index contributed by atoms with van der Waals surface area (Å²) in [6.45, 7) is 0. The summed E-state index contributed by atoms with van der Waals surface area (Å²) in [5, 5.41) is 9.42. The molecule has 0 aliphatic rings. The first-order chi connectivity index (χ1) is 8.84. The fourth-order valence-corrected chi connectivity index (χ4v) is 2.28. The van der Waals surface area contributed by atoms with Crippen LogP contribution in [0.5, 0.6) is 0 Å². The first-order valence-corrected chi connectivity index (χ1v) is 6.15. The van der Waals surface area contributed by atoms with Crippen LogP contribution in [0.15, 0.2) is 34.9 Å². The van der Waals surface area contributed by atoms with E-state index in [-0.39, 0.29) is 25.9 Å². The van der Waals surface area contributed by atoms with Gasteiger partial charge in [-0.25, -0.2) is 0 Å².